The van der Waals surface area contributed by atoms with Gasteiger partial charge in [-0.05, 0) is 12.0 Å². The van der Waals surface area contributed by atoms with E-state index in [0.717, 1.165) is 29.5 Å². The van der Waals surface area contributed by atoms with Crippen LogP contribution >= 0.6 is 11.1 Å². The first-order valence-corrected chi connectivity index (χ1v) is 8.04. The fourth-order valence-electron chi connectivity index (χ4n) is 2.00. The number of nitrogens with one attached hydrogen (secondary N) is 1. The van der Waals surface area contributed by atoms with Gasteiger partial charge in [-0.3, -0.25) is 4.79 Å². The molecule has 2 rings (SSSR count). The Kier molecular flexibility index (Phi) is 4.85. The number of carbonyl (C=O) groups excluding carboxylic acids is 1. The van der Waals surface area contributed by atoms with Crippen molar-refractivity contribution in [2.75, 3.05) is 12.3 Å². The van der Waals surface area contributed by atoms with Crippen LogP contribution in [0.5, 0.6) is 0 Å². The number of ether oxygens (including phenoxy) is 1. The summed E-state index contributed by atoms with van der Waals surface area (Å²) in [5, 5.41) is 0.723. The third-order valence-corrected chi connectivity index (χ3v) is 4.82. The quantitative estimate of drug-likeness (QED) is 0.833. The molecule has 0 bridgehead atoms. The maximum absolute atomic E-state index is 11.2. The molecule has 1 aliphatic heterocycles. The largest absolute Gasteiger partial charge is 0.465 e. The number of nitrogens with zero attached hydrogens (tertiary/aromatic N) is 1. The van der Waals surface area contributed by atoms with Gasteiger partial charge in [0.2, 0.25) is 11.1 Å². The summed E-state index contributed by atoms with van der Waals surface area (Å²) >= 11 is -0.748. The summed E-state index contributed by atoms with van der Waals surface area (Å²) in [6.45, 7) is 4.37. The van der Waals surface area contributed by atoms with Gasteiger partial charge >= 0.3 is 0 Å². The number of hydrogen-bond acceptors (Lipinski definition) is 3. The van der Waals surface area contributed by atoms with E-state index >= 15 is 0 Å². The minimum Gasteiger partial charge on any atom is -0.465 e. The smallest absolute Gasteiger partial charge is 0.243 e. The first-order chi connectivity index (χ1) is 9.20. The van der Waals surface area contributed by atoms with E-state index in [-0.39, 0.29) is 12.0 Å². The van der Waals surface area contributed by atoms with Gasteiger partial charge in [0.25, 0.3) is 0 Å². The molecule has 0 aromatic heterocycles. The standard InChI is InChI=1S/C14H20N2O2S/c1-3-13(12-7-5-4-6-8-12)18-14-15-9-10-19(14)16-11(2)17/h4-8,13,19H,3,9-10H2,1-2H3,(H,16,17). The minimum absolute atomic E-state index is 0.0109. The van der Waals surface area contributed by atoms with Gasteiger partial charge in [-0.2, -0.15) is 0 Å². The van der Waals surface area contributed by atoms with Crippen molar-refractivity contribution in [1.29, 1.82) is 0 Å². The van der Waals surface area contributed by atoms with E-state index < -0.39 is 11.1 Å². The first kappa shape index (κ1) is 13.9. The molecule has 1 aromatic rings. The molecular weight excluding hydrogens is 260 g/mol. The second-order valence-electron chi connectivity index (χ2n) is 4.41. The van der Waals surface area contributed by atoms with Crippen LogP contribution in [0, 0.1) is 0 Å². The maximum Gasteiger partial charge on any atom is 0.243 e. The molecule has 1 aliphatic rings. The molecule has 1 amide bonds. The van der Waals surface area contributed by atoms with Crippen LogP contribution in [0.1, 0.15) is 31.9 Å². The lowest BCUT2D eigenvalue weighted by atomic mass is 10.1. The monoisotopic (exact) mass is 280 g/mol. The molecular formula is C14H20N2O2S. The SMILES string of the molecule is CCC(OC1=NCC[SH]1NC(C)=O)c1ccccc1. The number of amides is 1. The van der Waals surface area contributed by atoms with Crippen molar-refractivity contribution in [3.63, 3.8) is 0 Å². The zero-order valence-corrected chi connectivity index (χ0v) is 12.2. The molecule has 1 heterocycles. The van der Waals surface area contributed by atoms with Crippen molar-refractivity contribution in [2.24, 2.45) is 4.99 Å². The van der Waals surface area contributed by atoms with E-state index in [0.29, 0.717) is 0 Å². The highest BCUT2D eigenvalue weighted by atomic mass is 32.2. The maximum atomic E-state index is 11.2. The van der Waals surface area contributed by atoms with Crippen LogP contribution < -0.4 is 4.72 Å². The lowest BCUT2D eigenvalue weighted by Gasteiger charge is -2.23. The highest BCUT2D eigenvalue weighted by Gasteiger charge is 2.23. The van der Waals surface area contributed by atoms with Crippen LogP contribution in [0.3, 0.4) is 0 Å². The van der Waals surface area contributed by atoms with E-state index in [9.17, 15) is 4.79 Å². The van der Waals surface area contributed by atoms with Crippen molar-refractivity contribution in [3.8, 4) is 0 Å². The summed E-state index contributed by atoms with van der Waals surface area (Å²) in [4.78, 5) is 15.6. The molecule has 1 aromatic carbocycles. The van der Waals surface area contributed by atoms with Crippen LogP contribution in [0.15, 0.2) is 35.3 Å². The number of hydrogen-bond donors (Lipinski definition) is 2. The minimum atomic E-state index is -0.748. The molecule has 0 radical (unpaired) electrons. The molecule has 0 saturated heterocycles. The highest BCUT2D eigenvalue weighted by Crippen LogP contribution is 2.32. The van der Waals surface area contributed by atoms with Gasteiger partial charge in [0.1, 0.15) is 6.10 Å². The van der Waals surface area contributed by atoms with Gasteiger partial charge in [-0.15, -0.1) is 0 Å². The van der Waals surface area contributed by atoms with Crippen molar-refractivity contribution in [1.82, 2.24) is 4.72 Å². The molecule has 2 unspecified atom stereocenters. The topological polar surface area (TPSA) is 50.7 Å². The van der Waals surface area contributed by atoms with Gasteiger partial charge in [-0.25, -0.2) is 4.99 Å². The molecule has 0 fully saturated rings. The molecule has 5 heteroatoms. The first-order valence-electron chi connectivity index (χ1n) is 6.51. The Hall–Kier alpha value is -1.49. The Balaban J connectivity index is 2.04. The third kappa shape index (κ3) is 3.73. The van der Waals surface area contributed by atoms with Gasteiger partial charge in [0, 0.05) is 12.7 Å². The van der Waals surface area contributed by atoms with Gasteiger partial charge in [0.15, 0.2) is 0 Å². The van der Waals surface area contributed by atoms with E-state index in [1.807, 2.05) is 18.2 Å². The number of thiol groups is 1. The Labute approximate surface area is 116 Å². The molecule has 0 spiro atoms. The lowest BCUT2D eigenvalue weighted by molar-refractivity contribution is -0.117. The summed E-state index contributed by atoms with van der Waals surface area (Å²) < 4.78 is 8.97. The Morgan fingerprint density at radius 1 is 1.47 bits per heavy atom. The summed E-state index contributed by atoms with van der Waals surface area (Å²) in [5.74, 6) is 0.868. The number of benzene rings is 1. The average molecular weight is 280 g/mol. The summed E-state index contributed by atoms with van der Waals surface area (Å²) in [6.07, 6.45) is 0.892. The number of carbonyl (C=O) groups is 1. The van der Waals surface area contributed by atoms with Gasteiger partial charge in [-0.1, -0.05) is 48.3 Å². The second kappa shape index (κ2) is 6.61. The predicted molar refractivity (Wildman–Crippen MR) is 80.5 cm³/mol. The van der Waals surface area contributed by atoms with Crippen molar-refractivity contribution < 1.29 is 9.53 Å². The van der Waals surface area contributed by atoms with Crippen molar-refractivity contribution in [2.45, 2.75) is 26.4 Å². The van der Waals surface area contributed by atoms with Crippen molar-refractivity contribution >= 4 is 22.2 Å². The molecule has 0 aliphatic carbocycles. The van der Waals surface area contributed by atoms with E-state index in [1.165, 1.54) is 6.92 Å². The number of aliphatic imine (C=N–C) groups is 1. The fourth-order valence-corrected chi connectivity index (χ4v) is 3.61. The number of rotatable bonds is 4. The molecule has 104 valence electrons. The molecule has 2 atom stereocenters. The van der Waals surface area contributed by atoms with E-state index in [2.05, 4.69) is 28.8 Å². The van der Waals surface area contributed by atoms with E-state index in [4.69, 9.17) is 4.74 Å². The Morgan fingerprint density at radius 3 is 2.84 bits per heavy atom. The van der Waals surface area contributed by atoms with Crippen LogP contribution in [-0.4, -0.2) is 23.4 Å². The Bertz CT molecular complexity index is 462. The van der Waals surface area contributed by atoms with Crippen molar-refractivity contribution in [3.05, 3.63) is 35.9 Å². The summed E-state index contributed by atoms with van der Waals surface area (Å²) in [7, 11) is 0. The van der Waals surface area contributed by atoms with Crippen LogP contribution in [0.4, 0.5) is 0 Å². The van der Waals surface area contributed by atoms with Crippen LogP contribution in [0.25, 0.3) is 0 Å². The summed E-state index contributed by atoms with van der Waals surface area (Å²) in [5.41, 5.74) is 1.15. The molecule has 0 saturated carbocycles. The Morgan fingerprint density at radius 2 is 2.21 bits per heavy atom. The highest BCUT2D eigenvalue weighted by molar-refractivity contribution is 8.28. The van der Waals surface area contributed by atoms with Gasteiger partial charge < -0.3 is 9.46 Å². The zero-order valence-electron chi connectivity index (χ0n) is 11.3. The molecule has 4 nitrogen and oxygen atoms in total. The summed E-state index contributed by atoms with van der Waals surface area (Å²) in [6, 6.07) is 10.1. The predicted octanol–water partition coefficient (Wildman–Crippen LogP) is 2.58. The molecule has 1 N–H and O–H groups in total. The van der Waals surface area contributed by atoms with Gasteiger partial charge in [0.05, 0.1) is 6.54 Å². The zero-order chi connectivity index (χ0) is 13.7. The average Bonchev–Trinajstić information content (AvgIpc) is 2.83. The normalized spacial score (nSPS) is 21.6. The molecule has 19 heavy (non-hydrogen) atoms. The van der Waals surface area contributed by atoms with Crippen LogP contribution in [0.2, 0.25) is 0 Å². The lowest BCUT2D eigenvalue weighted by Crippen LogP contribution is -2.23. The second-order valence-corrected chi connectivity index (χ2v) is 6.32. The third-order valence-electron chi connectivity index (χ3n) is 2.88. The van der Waals surface area contributed by atoms with E-state index in [1.54, 1.807) is 0 Å². The fraction of sp³-hybridized carbons (Fsp3) is 0.429. The van der Waals surface area contributed by atoms with Crippen LogP contribution in [-0.2, 0) is 9.53 Å².